The van der Waals surface area contributed by atoms with Crippen LogP contribution in [0.3, 0.4) is 0 Å². The van der Waals surface area contributed by atoms with E-state index in [-0.39, 0.29) is 17.2 Å². The van der Waals surface area contributed by atoms with Crippen molar-refractivity contribution in [3.8, 4) is 0 Å². The van der Waals surface area contributed by atoms with Crippen molar-refractivity contribution in [1.29, 1.82) is 0 Å². The Morgan fingerprint density at radius 2 is 1.84 bits per heavy atom. The lowest BCUT2D eigenvalue weighted by atomic mass is 10.1. The van der Waals surface area contributed by atoms with E-state index >= 15 is 0 Å². The minimum Gasteiger partial charge on any atom is -0.325 e. The van der Waals surface area contributed by atoms with Gasteiger partial charge in [0.1, 0.15) is 4.70 Å². The number of carbonyl (C=O) groups excluding carboxylic acids is 1. The summed E-state index contributed by atoms with van der Waals surface area (Å²) in [5, 5.41) is 5.36. The third-order valence-corrected chi connectivity index (χ3v) is 6.84. The van der Waals surface area contributed by atoms with Gasteiger partial charge in [0.25, 0.3) is 5.56 Å². The van der Waals surface area contributed by atoms with Gasteiger partial charge in [-0.15, -0.1) is 11.3 Å². The van der Waals surface area contributed by atoms with Gasteiger partial charge in [-0.25, -0.2) is 4.98 Å². The molecule has 0 saturated heterocycles. The van der Waals surface area contributed by atoms with Crippen molar-refractivity contribution in [2.45, 2.75) is 31.5 Å². The molecule has 0 atom stereocenters. The highest BCUT2D eigenvalue weighted by Crippen LogP contribution is 2.22. The summed E-state index contributed by atoms with van der Waals surface area (Å²) >= 11 is 2.70. The van der Waals surface area contributed by atoms with Gasteiger partial charge in [0.15, 0.2) is 5.16 Å². The maximum absolute atomic E-state index is 13.0. The summed E-state index contributed by atoms with van der Waals surface area (Å²) < 4.78 is 2.35. The van der Waals surface area contributed by atoms with Gasteiger partial charge in [0.05, 0.1) is 11.3 Å². The average Bonchev–Trinajstić information content (AvgIpc) is 3.27. The highest BCUT2D eigenvalue weighted by atomic mass is 32.2. The zero-order valence-electron chi connectivity index (χ0n) is 17.2. The first kappa shape index (κ1) is 21.3. The van der Waals surface area contributed by atoms with Crippen molar-refractivity contribution >= 4 is 44.9 Å². The molecule has 158 valence electrons. The zero-order chi connectivity index (χ0) is 21.6. The average molecular weight is 450 g/mol. The lowest BCUT2D eigenvalue weighted by Crippen LogP contribution is -2.24. The molecule has 0 unspecified atom stereocenters. The first-order valence-electron chi connectivity index (χ1n) is 10.2. The molecule has 2 heterocycles. The summed E-state index contributed by atoms with van der Waals surface area (Å²) in [4.78, 5) is 30.2. The molecule has 0 spiro atoms. The van der Waals surface area contributed by atoms with Gasteiger partial charge in [-0.2, -0.15) is 0 Å². The number of aromatic nitrogens is 2. The molecule has 0 fully saturated rings. The summed E-state index contributed by atoms with van der Waals surface area (Å²) in [5.74, 6) is 0.0617. The topological polar surface area (TPSA) is 64.0 Å². The number of thioether (sulfide) groups is 1. The Morgan fingerprint density at radius 1 is 1.06 bits per heavy atom. The molecule has 2 aromatic heterocycles. The predicted molar refractivity (Wildman–Crippen MR) is 129 cm³/mol. The molecule has 0 radical (unpaired) electrons. The molecule has 4 rings (SSSR count). The summed E-state index contributed by atoms with van der Waals surface area (Å²) in [5.41, 5.74) is 3.79. The van der Waals surface area contributed by atoms with E-state index in [4.69, 9.17) is 0 Å². The maximum Gasteiger partial charge on any atom is 0.272 e. The fourth-order valence-corrected chi connectivity index (χ4v) is 4.87. The molecule has 1 N–H and O–H groups in total. The van der Waals surface area contributed by atoms with E-state index in [1.54, 1.807) is 4.57 Å². The number of aryl methyl sites for hydroxylation is 2. The molecule has 7 heteroatoms. The fourth-order valence-electron chi connectivity index (χ4n) is 3.27. The summed E-state index contributed by atoms with van der Waals surface area (Å²) in [6, 6.07) is 19.7. The van der Waals surface area contributed by atoms with Crippen LogP contribution in [0, 0.1) is 0 Å². The van der Waals surface area contributed by atoms with E-state index in [9.17, 15) is 9.59 Å². The van der Waals surface area contributed by atoms with Gasteiger partial charge in [0.2, 0.25) is 5.91 Å². The Balaban J connectivity index is 1.50. The van der Waals surface area contributed by atoms with E-state index < -0.39 is 0 Å². The van der Waals surface area contributed by atoms with Gasteiger partial charge >= 0.3 is 0 Å². The number of nitrogens with one attached hydrogen (secondary N) is 1. The van der Waals surface area contributed by atoms with Gasteiger partial charge in [-0.3, -0.25) is 14.2 Å². The molecule has 0 aliphatic rings. The minimum absolute atomic E-state index is 0.0472. The van der Waals surface area contributed by atoms with Gasteiger partial charge in [0, 0.05) is 12.2 Å². The Labute approximate surface area is 189 Å². The molecule has 0 bridgehead atoms. The van der Waals surface area contributed by atoms with Crippen LogP contribution in [0.1, 0.15) is 18.1 Å². The lowest BCUT2D eigenvalue weighted by molar-refractivity contribution is -0.113. The molecule has 1 amide bonds. The number of nitrogens with zero attached hydrogens (tertiary/aromatic N) is 2. The van der Waals surface area contributed by atoms with Crippen molar-refractivity contribution in [2.75, 3.05) is 11.1 Å². The van der Waals surface area contributed by atoms with Gasteiger partial charge in [-0.05, 0) is 47.5 Å². The predicted octanol–water partition coefficient (Wildman–Crippen LogP) is 4.99. The highest BCUT2D eigenvalue weighted by Gasteiger charge is 2.14. The van der Waals surface area contributed by atoms with Crippen LogP contribution in [0.25, 0.3) is 10.2 Å². The number of thiophene rings is 1. The van der Waals surface area contributed by atoms with Crippen LogP contribution in [-0.4, -0.2) is 21.2 Å². The van der Waals surface area contributed by atoms with Gasteiger partial charge < -0.3 is 5.32 Å². The van der Waals surface area contributed by atoms with Crippen molar-refractivity contribution < 1.29 is 4.79 Å². The van der Waals surface area contributed by atoms with E-state index in [2.05, 4.69) is 17.2 Å². The highest BCUT2D eigenvalue weighted by molar-refractivity contribution is 7.99. The zero-order valence-corrected chi connectivity index (χ0v) is 18.8. The first-order valence-corrected chi connectivity index (χ1v) is 12.0. The number of anilines is 1. The number of hydrogen-bond donors (Lipinski definition) is 1. The van der Waals surface area contributed by atoms with Gasteiger partial charge in [-0.1, -0.05) is 61.2 Å². The van der Waals surface area contributed by atoms with E-state index in [0.29, 0.717) is 21.9 Å². The fraction of sp³-hybridized carbons (Fsp3) is 0.208. The Kier molecular flexibility index (Phi) is 6.84. The number of fused-ring (bicyclic) bond motifs is 1. The smallest absolute Gasteiger partial charge is 0.272 e. The van der Waals surface area contributed by atoms with Crippen LogP contribution in [0.15, 0.2) is 76.0 Å². The standard InChI is InChI=1S/C24H23N3O2S2/c1-2-17-8-10-19(11-9-17)25-21(28)16-31-24-26-20-13-15-30-22(20)23(29)27(24)14-12-18-6-4-3-5-7-18/h3-11,13,15H,2,12,14,16H2,1H3,(H,25,28). The third kappa shape index (κ3) is 5.24. The van der Waals surface area contributed by atoms with Crippen molar-refractivity contribution in [2.24, 2.45) is 0 Å². The summed E-state index contributed by atoms with van der Waals surface area (Å²) in [6.07, 6.45) is 1.68. The lowest BCUT2D eigenvalue weighted by Gasteiger charge is -2.12. The summed E-state index contributed by atoms with van der Waals surface area (Å²) in [6.45, 7) is 2.62. The third-order valence-electron chi connectivity index (χ3n) is 4.98. The summed E-state index contributed by atoms with van der Waals surface area (Å²) in [7, 11) is 0. The second kappa shape index (κ2) is 9.94. The normalized spacial score (nSPS) is 11.0. The van der Waals surface area contributed by atoms with Crippen LogP contribution in [0.2, 0.25) is 0 Å². The number of benzene rings is 2. The quantitative estimate of drug-likeness (QED) is 0.304. The monoisotopic (exact) mass is 449 g/mol. The number of hydrogen-bond acceptors (Lipinski definition) is 5. The number of rotatable bonds is 8. The van der Waals surface area contributed by atoms with Crippen molar-refractivity contribution in [3.05, 3.63) is 87.5 Å². The molecule has 31 heavy (non-hydrogen) atoms. The van der Waals surface area contributed by atoms with Crippen LogP contribution in [0.5, 0.6) is 0 Å². The minimum atomic E-state index is -0.122. The van der Waals surface area contributed by atoms with E-state index in [1.807, 2.05) is 66.0 Å². The molecule has 0 aliphatic heterocycles. The SMILES string of the molecule is CCc1ccc(NC(=O)CSc2nc3ccsc3c(=O)n2CCc2ccccc2)cc1. The molecule has 4 aromatic rings. The number of amides is 1. The Bertz CT molecular complexity index is 1230. The van der Waals surface area contributed by atoms with Crippen molar-refractivity contribution in [1.82, 2.24) is 9.55 Å². The number of carbonyl (C=O) groups is 1. The molecule has 2 aromatic carbocycles. The second-order valence-electron chi connectivity index (χ2n) is 7.11. The molecule has 0 saturated carbocycles. The Morgan fingerprint density at radius 3 is 2.58 bits per heavy atom. The van der Waals surface area contributed by atoms with E-state index in [1.165, 1.54) is 28.7 Å². The maximum atomic E-state index is 13.0. The van der Waals surface area contributed by atoms with Crippen LogP contribution in [0.4, 0.5) is 5.69 Å². The molecular weight excluding hydrogens is 426 g/mol. The van der Waals surface area contributed by atoms with Crippen LogP contribution < -0.4 is 10.9 Å². The van der Waals surface area contributed by atoms with Crippen LogP contribution in [-0.2, 0) is 24.2 Å². The van der Waals surface area contributed by atoms with Crippen LogP contribution >= 0.6 is 23.1 Å². The van der Waals surface area contributed by atoms with E-state index in [0.717, 1.165) is 24.1 Å². The largest absolute Gasteiger partial charge is 0.325 e. The molecule has 0 aliphatic carbocycles. The second-order valence-corrected chi connectivity index (χ2v) is 8.97. The molecule has 5 nitrogen and oxygen atoms in total. The Hall–Kier alpha value is -2.90. The molecular formula is C24H23N3O2S2. The first-order chi connectivity index (χ1) is 15.1. The van der Waals surface area contributed by atoms with Crippen molar-refractivity contribution in [3.63, 3.8) is 0 Å².